The number of rotatable bonds is 6. The second-order valence-corrected chi connectivity index (χ2v) is 6.01. The SMILES string of the molecule is CCc1cccc(C)c1NC(=O)CCNc1ccc(C)cc1C. The lowest BCUT2D eigenvalue weighted by Gasteiger charge is -2.14. The van der Waals surface area contributed by atoms with Crippen molar-refractivity contribution < 1.29 is 4.79 Å². The van der Waals surface area contributed by atoms with Gasteiger partial charge in [-0.05, 0) is 49.9 Å². The molecular formula is C20H26N2O. The van der Waals surface area contributed by atoms with Crippen LogP contribution in [-0.2, 0) is 11.2 Å². The maximum Gasteiger partial charge on any atom is 0.226 e. The molecule has 0 spiro atoms. The molecule has 0 radical (unpaired) electrons. The number of nitrogens with one attached hydrogen (secondary N) is 2. The molecule has 122 valence electrons. The van der Waals surface area contributed by atoms with Crippen molar-refractivity contribution in [3.63, 3.8) is 0 Å². The molecule has 0 heterocycles. The second-order valence-electron chi connectivity index (χ2n) is 6.01. The van der Waals surface area contributed by atoms with Crippen molar-refractivity contribution in [3.8, 4) is 0 Å². The third kappa shape index (κ3) is 4.59. The van der Waals surface area contributed by atoms with Gasteiger partial charge in [-0.2, -0.15) is 0 Å². The molecule has 2 aromatic carbocycles. The first-order chi connectivity index (χ1) is 11.0. The molecule has 0 fully saturated rings. The number of amides is 1. The predicted molar refractivity (Wildman–Crippen MR) is 98.2 cm³/mol. The van der Waals surface area contributed by atoms with Crippen molar-refractivity contribution in [3.05, 3.63) is 58.7 Å². The number of para-hydroxylation sites is 1. The van der Waals surface area contributed by atoms with E-state index in [0.29, 0.717) is 13.0 Å². The lowest BCUT2D eigenvalue weighted by atomic mass is 10.1. The van der Waals surface area contributed by atoms with Crippen LogP contribution in [0.4, 0.5) is 11.4 Å². The number of hydrogen-bond acceptors (Lipinski definition) is 2. The summed E-state index contributed by atoms with van der Waals surface area (Å²) < 4.78 is 0. The topological polar surface area (TPSA) is 41.1 Å². The standard InChI is InChI=1S/C20H26N2O/c1-5-17-8-6-7-15(3)20(17)22-19(23)11-12-21-18-10-9-14(2)13-16(18)4/h6-10,13,21H,5,11-12H2,1-4H3,(H,22,23). The van der Waals surface area contributed by atoms with Crippen LogP contribution in [0.5, 0.6) is 0 Å². The monoisotopic (exact) mass is 310 g/mol. The van der Waals surface area contributed by atoms with Crippen LogP contribution in [0.3, 0.4) is 0 Å². The van der Waals surface area contributed by atoms with Crippen LogP contribution < -0.4 is 10.6 Å². The Bertz CT molecular complexity index is 692. The summed E-state index contributed by atoms with van der Waals surface area (Å²) in [6, 6.07) is 12.4. The van der Waals surface area contributed by atoms with Crippen LogP contribution in [-0.4, -0.2) is 12.5 Å². The van der Waals surface area contributed by atoms with E-state index >= 15 is 0 Å². The lowest BCUT2D eigenvalue weighted by molar-refractivity contribution is -0.115. The number of carbonyl (C=O) groups excluding carboxylic acids is 1. The van der Waals surface area contributed by atoms with E-state index in [0.717, 1.165) is 23.4 Å². The molecule has 0 aliphatic heterocycles. The first kappa shape index (κ1) is 17.1. The Morgan fingerprint density at radius 1 is 1.04 bits per heavy atom. The molecule has 0 saturated carbocycles. The van der Waals surface area contributed by atoms with Crippen LogP contribution >= 0.6 is 0 Å². The summed E-state index contributed by atoms with van der Waals surface area (Å²) in [5.41, 5.74) is 6.80. The third-order valence-corrected chi connectivity index (χ3v) is 4.05. The van der Waals surface area contributed by atoms with Crippen LogP contribution in [0, 0.1) is 20.8 Å². The Labute approximate surface area is 139 Å². The molecule has 0 bridgehead atoms. The van der Waals surface area contributed by atoms with Crippen molar-refractivity contribution in [1.29, 1.82) is 0 Å². The summed E-state index contributed by atoms with van der Waals surface area (Å²) in [6.45, 7) is 8.92. The van der Waals surface area contributed by atoms with Gasteiger partial charge in [-0.25, -0.2) is 0 Å². The molecule has 0 unspecified atom stereocenters. The maximum atomic E-state index is 12.2. The van der Waals surface area contributed by atoms with Crippen LogP contribution in [0.1, 0.15) is 35.6 Å². The fraction of sp³-hybridized carbons (Fsp3) is 0.350. The molecule has 23 heavy (non-hydrogen) atoms. The Balaban J connectivity index is 1.91. The molecular weight excluding hydrogens is 284 g/mol. The molecule has 2 N–H and O–H groups in total. The van der Waals surface area contributed by atoms with Gasteiger partial charge in [0.25, 0.3) is 0 Å². The van der Waals surface area contributed by atoms with Gasteiger partial charge >= 0.3 is 0 Å². The average molecular weight is 310 g/mol. The molecule has 3 nitrogen and oxygen atoms in total. The Morgan fingerprint density at radius 2 is 1.83 bits per heavy atom. The van der Waals surface area contributed by atoms with E-state index < -0.39 is 0 Å². The van der Waals surface area contributed by atoms with Gasteiger partial charge in [-0.3, -0.25) is 4.79 Å². The molecule has 0 atom stereocenters. The predicted octanol–water partition coefficient (Wildman–Crippen LogP) is 4.61. The molecule has 0 saturated heterocycles. The highest BCUT2D eigenvalue weighted by Gasteiger charge is 2.08. The number of anilines is 2. The van der Waals surface area contributed by atoms with Gasteiger partial charge in [0.1, 0.15) is 0 Å². The molecule has 0 aromatic heterocycles. The van der Waals surface area contributed by atoms with Gasteiger partial charge in [0.2, 0.25) is 5.91 Å². The molecule has 0 aliphatic carbocycles. The first-order valence-electron chi connectivity index (χ1n) is 8.20. The van der Waals surface area contributed by atoms with Gasteiger partial charge in [-0.1, -0.05) is 42.8 Å². The summed E-state index contributed by atoms with van der Waals surface area (Å²) in [4.78, 5) is 12.2. The van der Waals surface area contributed by atoms with E-state index in [1.165, 1.54) is 16.7 Å². The highest BCUT2D eigenvalue weighted by atomic mass is 16.1. The van der Waals surface area contributed by atoms with Gasteiger partial charge in [0.15, 0.2) is 0 Å². The van der Waals surface area contributed by atoms with Gasteiger partial charge in [-0.15, -0.1) is 0 Å². The lowest BCUT2D eigenvalue weighted by Crippen LogP contribution is -2.18. The number of hydrogen-bond donors (Lipinski definition) is 2. The van der Waals surface area contributed by atoms with Gasteiger partial charge in [0.05, 0.1) is 0 Å². The fourth-order valence-corrected chi connectivity index (χ4v) is 2.73. The van der Waals surface area contributed by atoms with Crippen molar-refractivity contribution in [2.45, 2.75) is 40.5 Å². The summed E-state index contributed by atoms with van der Waals surface area (Å²) >= 11 is 0. The zero-order valence-electron chi connectivity index (χ0n) is 14.5. The third-order valence-electron chi connectivity index (χ3n) is 4.05. The molecule has 1 amide bonds. The Kier molecular flexibility index (Phi) is 5.80. The summed E-state index contributed by atoms with van der Waals surface area (Å²) in [5.74, 6) is 0.0475. The number of carbonyl (C=O) groups is 1. The Hall–Kier alpha value is -2.29. The number of aryl methyl sites for hydroxylation is 4. The highest BCUT2D eigenvalue weighted by molar-refractivity contribution is 5.92. The molecule has 3 heteroatoms. The van der Waals surface area contributed by atoms with Gasteiger partial charge in [0, 0.05) is 24.3 Å². The summed E-state index contributed by atoms with van der Waals surface area (Å²) in [5, 5.41) is 6.40. The fourth-order valence-electron chi connectivity index (χ4n) is 2.73. The minimum absolute atomic E-state index is 0.0475. The van der Waals surface area contributed by atoms with E-state index in [1.54, 1.807) is 0 Å². The zero-order valence-corrected chi connectivity index (χ0v) is 14.5. The first-order valence-corrected chi connectivity index (χ1v) is 8.20. The smallest absolute Gasteiger partial charge is 0.226 e. The van der Waals surface area contributed by atoms with Crippen molar-refractivity contribution in [1.82, 2.24) is 0 Å². The average Bonchev–Trinajstić information content (AvgIpc) is 2.51. The highest BCUT2D eigenvalue weighted by Crippen LogP contribution is 2.21. The zero-order chi connectivity index (χ0) is 16.8. The van der Waals surface area contributed by atoms with Crippen LogP contribution in [0.25, 0.3) is 0 Å². The summed E-state index contributed by atoms with van der Waals surface area (Å²) in [6.07, 6.45) is 1.36. The maximum absolute atomic E-state index is 12.2. The molecule has 2 rings (SSSR count). The Morgan fingerprint density at radius 3 is 2.52 bits per heavy atom. The molecule has 0 aliphatic rings. The normalized spacial score (nSPS) is 10.4. The summed E-state index contributed by atoms with van der Waals surface area (Å²) in [7, 11) is 0. The van der Waals surface area contributed by atoms with Gasteiger partial charge < -0.3 is 10.6 Å². The van der Waals surface area contributed by atoms with E-state index in [4.69, 9.17) is 0 Å². The van der Waals surface area contributed by atoms with E-state index in [2.05, 4.69) is 55.7 Å². The van der Waals surface area contributed by atoms with Crippen molar-refractivity contribution >= 4 is 17.3 Å². The van der Waals surface area contributed by atoms with Crippen LogP contribution in [0.2, 0.25) is 0 Å². The minimum Gasteiger partial charge on any atom is -0.384 e. The van der Waals surface area contributed by atoms with Crippen molar-refractivity contribution in [2.24, 2.45) is 0 Å². The number of benzene rings is 2. The molecule has 2 aromatic rings. The van der Waals surface area contributed by atoms with Crippen LogP contribution in [0.15, 0.2) is 36.4 Å². The van der Waals surface area contributed by atoms with E-state index in [1.807, 2.05) is 19.1 Å². The largest absolute Gasteiger partial charge is 0.384 e. The van der Waals surface area contributed by atoms with E-state index in [9.17, 15) is 4.79 Å². The van der Waals surface area contributed by atoms with E-state index in [-0.39, 0.29) is 5.91 Å². The van der Waals surface area contributed by atoms with Crippen molar-refractivity contribution in [2.75, 3.05) is 17.2 Å². The minimum atomic E-state index is 0.0475. The quantitative estimate of drug-likeness (QED) is 0.817. The second kappa shape index (κ2) is 7.82.